The molecule has 0 radical (unpaired) electrons. The van der Waals surface area contributed by atoms with Crippen LogP contribution in [0, 0.1) is 0 Å². The minimum absolute atomic E-state index is 0.704. The van der Waals surface area contributed by atoms with Crippen molar-refractivity contribution in [3.8, 4) is 0 Å². The number of alkyl halides is 1. The first-order valence-electron chi connectivity index (χ1n) is 3.88. The summed E-state index contributed by atoms with van der Waals surface area (Å²) in [7, 11) is 0. The Morgan fingerprint density at radius 3 is 2.90 bits per heavy atom. The van der Waals surface area contributed by atoms with Gasteiger partial charge in [-0.3, -0.25) is 0 Å². The molecule has 0 aromatic heterocycles. The van der Waals surface area contributed by atoms with Crippen LogP contribution in [0.2, 0.25) is 0 Å². The van der Waals surface area contributed by atoms with Gasteiger partial charge in [0.25, 0.3) is 0 Å². The molecule has 0 aromatic carbocycles. The van der Waals surface area contributed by atoms with Crippen molar-refractivity contribution in [1.82, 2.24) is 0 Å². The summed E-state index contributed by atoms with van der Waals surface area (Å²) in [6.07, 6.45) is 6.90. The van der Waals surface area contributed by atoms with Crippen LogP contribution in [-0.2, 0) is 0 Å². The lowest BCUT2D eigenvalue weighted by atomic mass is 9.98. The molecular weight excluding hydrogens is 208 g/mol. The maximum Gasteiger partial charge on any atom is 0.0681 e. The van der Waals surface area contributed by atoms with Gasteiger partial charge in [0.05, 0.1) is 4.16 Å². The second kappa shape index (κ2) is 2.90. The lowest BCUT2D eigenvalue weighted by Crippen LogP contribution is -1.91. The van der Waals surface area contributed by atoms with E-state index in [-0.39, 0.29) is 0 Å². The molecule has 0 saturated carbocycles. The summed E-state index contributed by atoms with van der Waals surface area (Å²) in [4.78, 5) is 1.70. The van der Waals surface area contributed by atoms with Crippen LogP contribution in [0.3, 0.4) is 0 Å². The highest BCUT2D eigenvalue weighted by atomic mass is 79.9. The molecule has 0 aromatic rings. The third-order valence-electron chi connectivity index (χ3n) is 2.20. The van der Waals surface area contributed by atoms with E-state index in [0.717, 1.165) is 0 Å². The summed E-state index contributed by atoms with van der Waals surface area (Å²) < 4.78 is 0.704. The Balaban J connectivity index is 2.13. The van der Waals surface area contributed by atoms with Crippen LogP contribution < -0.4 is 0 Å². The van der Waals surface area contributed by atoms with E-state index in [4.69, 9.17) is 0 Å². The van der Waals surface area contributed by atoms with Crippen molar-refractivity contribution >= 4 is 27.7 Å². The molecule has 0 saturated heterocycles. The Bertz CT molecular complexity index is 156. The average Bonchev–Trinajstić information content (AvgIpc) is 2.27. The highest BCUT2D eigenvalue weighted by Gasteiger charge is 2.24. The molecule has 10 heavy (non-hydrogen) atoms. The van der Waals surface area contributed by atoms with E-state index in [1.807, 2.05) is 11.8 Å². The van der Waals surface area contributed by atoms with Gasteiger partial charge in [-0.25, -0.2) is 0 Å². The number of rotatable bonds is 0. The molecule has 1 aliphatic carbocycles. The van der Waals surface area contributed by atoms with E-state index in [2.05, 4.69) is 15.9 Å². The van der Waals surface area contributed by atoms with Crippen molar-refractivity contribution in [2.24, 2.45) is 0 Å². The fraction of sp³-hybridized carbons (Fsp3) is 0.750. The SMILES string of the molecule is BrC1CC2=C(CCCC2)S1. The van der Waals surface area contributed by atoms with Gasteiger partial charge >= 0.3 is 0 Å². The lowest BCUT2D eigenvalue weighted by molar-refractivity contribution is 0.684. The predicted octanol–water partition coefficient (Wildman–Crippen LogP) is 3.67. The van der Waals surface area contributed by atoms with Gasteiger partial charge in [0.1, 0.15) is 0 Å². The van der Waals surface area contributed by atoms with Gasteiger partial charge in [0.2, 0.25) is 0 Å². The summed E-state index contributed by atoms with van der Waals surface area (Å²) in [6, 6.07) is 0. The highest BCUT2D eigenvalue weighted by molar-refractivity contribution is 9.11. The Hall–Kier alpha value is 0.570. The molecular formula is C8H11BrS. The molecule has 2 aliphatic rings. The average molecular weight is 219 g/mol. The second-order valence-electron chi connectivity index (χ2n) is 2.97. The number of halogens is 1. The summed E-state index contributed by atoms with van der Waals surface area (Å²) >= 11 is 5.70. The number of hydrogen-bond acceptors (Lipinski definition) is 1. The standard InChI is InChI=1S/C8H11BrS/c9-8-5-6-3-1-2-4-7(6)10-8/h8H,1-5H2. The smallest absolute Gasteiger partial charge is 0.0681 e. The Morgan fingerprint density at radius 2 is 2.10 bits per heavy atom. The van der Waals surface area contributed by atoms with Crippen molar-refractivity contribution in [2.45, 2.75) is 36.3 Å². The summed E-state index contributed by atoms with van der Waals surface area (Å²) in [5.41, 5.74) is 1.75. The van der Waals surface area contributed by atoms with E-state index in [1.165, 1.54) is 32.1 Å². The summed E-state index contributed by atoms with van der Waals surface area (Å²) in [5.74, 6) is 0. The minimum atomic E-state index is 0.704. The van der Waals surface area contributed by atoms with Crippen molar-refractivity contribution in [3.63, 3.8) is 0 Å². The van der Waals surface area contributed by atoms with Crippen LogP contribution in [0.25, 0.3) is 0 Å². The van der Waals surface area contributed by atoms with E-state index in [1.54, 1.807) is 10.5 Å². The second-order valence-corrected chi connectivity index (χ2v) is 5.97. The van der Waals surface area contributed by atoms with E-state index >= 15 is 0 Å². The molecule has 2 heteroatoms. The van der Waals surface area contributed by atoms with Gasteiger partial charge in [-0.1, -0.05) is 21.5 Å². The lowest BCUT2D eigenvalue weighted by Gasteiger charge is -2.11. The van der Waals surface area contributed by atoms with Crippen molar-refractivity contribution in [1.29, 1.82) is 0 Å². The maximum atomic E-state index is 3.65. The van der Waals surface area contributed by atoms with Crippen LogP contribution in [0.1, 0.15) is 32.1 Å². The van der Waals surface area contributed by atoms with E-state index in [9.17, 15) is 0 Å². The van der Waals surface area contributed by atoms with E-state index < -0.39 is 0 Å². The summed E-state index contributed by atoms with van der Waals surface area (Å²) in [6.45, 7) is 0. The van der Waals surface area contributed by atoms with Crippen LogP contribution in [0.5, 0.6) is 0 Å². The van der Waals surface area contributed by atoms with Gasteiger partial charge < -0.3 is 0 Å². The molecule has 1 heterocycles. The topological polar surface area (TPSA) is 0 Å². The highest BCUT2D eigenvalue weighted by Crippen LogP contribution is 2.47. The van der Waals surface area contributed by atoms with Crippen LogP contribution in [-0.4, -0.2) is 4.16 Å². The normalized spacial score (nSPS) is 32.7. The minimum Gasteiger partial charge on any atom is -0.115 e. The van der Waals surface area contributed by atoms with E-state index in [0.29, 0.717) is 4.16 Å². The van der Waals surface area contributed by atoms with Gasteiger partial charge in [-0.15, -0.1) is 11.8 Å². The Kier molecular flexibility index (Phi) is 2.10. The quantitative estimate of drug-likeness (QED) is 0.560. The Morgan fingerprint density at radius 1 is 1.30 bits per heavy atom. The molecule has 0 fully saturated rings. The fourth-order valence-electron chi connectivity index (χ4n) is 1.69. The monoisotopic (exact) mass is 218 g/mol. The predicted molar refractivity (Wildman–Crippen MR) is 50.4 cm³/mol. The van der Waals surface area contributed by atoms with Crippen molar-refractivity contribution in [2.75, 3.05) is 0 Å². The van der Waals surface area contributed by atoms with Crippen LogP contribution in [0.15, 0.2) is 10.5 Å². The molecule has 2 rings (SSSR count). The van der Waals surface area contributed by atoms with Gasteiger partial charge in [0, 0.05) is 0 Å². The third-order valence-corrected chi connectivity index (χ3v) is 4.29. The molecule has 56 valence electrons. The largest absolute Gasteiger partial charge is 0.115 e. The molecule has 1 unspecified atom stereocenters. The number of thioether (sulfide) groups is 1. The zero-order valence-electron chi connectivity index (χ0n) is 5.90. The molecule has 0 amide bonds. The van der Waals surface area contributed by atoms with Gasteiger partial charge in [-0.2, -0.15) is 0 Å². The first kappa shape index (κ1) is 7.23. The first-order chi connectivity index (χ1) is 4.86. The Labute approximate surface area is 74.6 Å². The fourth-order valence-corrected chi connectivity index (χ4v) is 3.96. The maximum absolute atomic E-state index is 3.65. The first-order valence-corrected chi connectivity index (χ1v) is 5.67. The van der Waals surface area contributed by atoms with Crippen molar-refractivity contribution < 1.29 is 0 Å². The third kappa shape index (κ3) is 1.28. The van der Waals surface area contributed by atoms with Crippen LogP contribution in [0.4, 0.5) is 0 Å². The van der Waals surface area contributed by atoms with Gasteiger partial charge in [-0.05, 0) is 37.0 Å². The van der Waals surface area contributed by atoms with Gasteiger partial charge in [0.15, 0.2) is 0 Å². The zero-order chi connectivity index (χ0) is 6.97. The molecule has 0 bridgehead atoms. The molecule has 1 atom stereocenters. The zero-order valence-corrected chi connectivity index (χ0v) is 8.30. The van der Waals surface area contributed by atoms with Crippen molar-refractivity contribution in [3.05, 3.63) is 10.5 Å². The molecule has 1 aliphatic heterocycles. The molecule has 0 N–H and O–H groups in total. The summed E-state index contributed by atoms with van der Waals surface area (Å²) in [5, 5.41) is 0. The number of hydrogen-bond donors (Lipinski definition) is 0. The van der Waals surface area contributed by atoms with Crippen LogP contribution >= 0.6 is 27.7 Å². The number of allylic oxidation sites excluding steroid dienone is 2. The molecule has 0 spiro atoms. The molecule has 0 nitrogen and oxygen atoms in total.